The molecule has 0 saturated carbocycles. The van der Waals surface area contributed by atoms with Gasteiger partial charge in [0.2, 0.25) is 7.37 Å². The van der Waals surface area contributed by atoms with Crippen LogP contribution < -0.4 is 11.2 Å². The van der Waals surface area contributed by atoms with Crippen LogP contribution in [0.1, 0.15) is 11.7 Å². The first-order valence-corrected chi connectivity index (χ1v) is 13.7. The second kappa shape index (κ2) is 8.89. The lowest BCUT2D eigenvalue weighted by molar-refractivity contribution is -0.0192. The summed E-state index contributed by atoms with van der Waals surface area (Å²) in [4.78, 5) is 62.0. The molecule has 6 atom stereocenters. The largest absolute Gasteiger partial charge is 0.387 e. The minimum absolute atomic E-state index is 0.208. The van der Waals surface area contributed by atoms with Crippen LogP contribution in [0.2, 0.25) is 0 Å². The van der Waals surface area contributed by atoms with Crippen LogP contribution in [0.15, 0.2) is 15.8 Å². The highest BCUT2D eigenvalue weighted by Gasteiger charge is 2.46. The lowest BCUT2D eigenvalue weighted by Crippen LogP contribution is -2.35. The van der Waals surface area contributed by atoms with Crippen LogP contribution in [0.25, 0.3) is 0 Å². The molecule has 0 bridgehead atoms. The molecule has 1 aromatic heterocycles. The van der Waals surface area contributed by atoms with Crippen LogP contribution in [0.4, 0.5) is 0 Å². The van der Waals surface area contributed by atoms with E-state index in [1.54, 1.807) is 0 Å². The molecule has 2 rings (SSSR count). The van der Waals surface area contributed by atoms with Gasteiger partial charge in [0.05, 0.1) is 12.2 Å². The van der Waals surface area contributed by atoms with Crippen LogP contribution in [0.3, 0.4) is 0 Å². The number of nitrogens with zero attached hydrogens (tertiary/aromatic N) is 1. The second-order valence-corrected chi connectivity index (χ2v) is 13.6. The molecule has 1 saturated heterocycles. The Labute approximate surface area is 168 Å². The highest BCUT2D eigenvalue weighted by Crippen LogP contribution is 2.63. The Morgan fingerprint density at radius 2 is 1.70 bits per heavy atom. The molecule has 18 heteroatoms. The van der Waals surface area contributed by atoms with Gasteiger partial charge in [0.1, 0.15) is 36.2 Å². The molecule has 0 aromatic carbocycles. The van der Waals surface area contributed by atoms with Gasteiger partial charge in [-0.15, -0.1) is 0 Å². The van der Waals surface area contributed by atoms with Crippen LogP contribution >= 0.6 is 22.6 Å². The van der Waals surface area contributed by atoms with E-state index in [4.69, 9.17) is 14.5 Å². The summed E-state index contributed by atoms with van der Waals surface area (Å²) in [6.07, 6.45) is -5.15. The number of hydrogen-bond donors (Lipinski definition) is 7. The Bertz CT molecular complexity index is 1040. The van der Waals surface area contributed by atoms with E-state index < -0.39 is 76.6 Å². The van der Waals surface area contributed by atoms with Gasteiger partial charge in [-0.3, -0.25) is 23.5 Å². The van der Waals surface area contributed by atoms with Crippen molar-refractivity contribution in [2.75, 3.05) is 18.4 Å². The monoisotopic (exact) mass is 494 g/mol. The zero-order chi connectivity index (χ0) is 23.1. The Balaban J connectivity index is 2.09. The molecule has 1 aliphatic heterocycles. The van der Waals surface area contributed by atoms with Gasteiger partial charge in [-0.25, -0.2) is 4.79 Å². The molecule has 6 unspecified atom stereocenters. The first-order valence-electron chi connectivity index (χ1n) is 8.14. The topological polar surface area (TPSA) is 246 Å². The zero-order valence-corrected chi connectivity index (χ0v) is 18.0. The maximum absolute atomic E-state index is 12.0. The van der Waals surface area contributed by atoms with E-state index in [2.05, 4.69) is 4.52 Å². The smallest absolute Gasteiger partial charge is 0.337 e. The summed E-state index contributed by atoms with van der Waals surface area (Å²) < 4.78 is 45.5. The number of aromatic nitrogens is 2. The maximum Gasteiger partial charge on any atom is 0.337 e. The van der Waals surface area contributed by atoms with Crippen LogP contribution in [-0.2, 0) is 30.0 Å². The minimum atomic E-state index is -4.94. The van der Waals surface area contributed by atoms with Gasteiger partial charge in [-0.2, -0.15) is 0 Å². The standard InChI is InChI=1S/C12H21N2O13P3/c1-14-2-6(11(17)13-12(14)18)10-9(16)8(15)7(27-10)3-26-30(24,25)5-28(19,20)4-29(21,22)23/h2,7-10,15-16H,3-5H2,1H3,(H,19,20)(H,24,25)(H,13,17,18)(H2,21,22,23). The van der Waals surface area contributed by atoms with Crippen LogP contribution in [-0.4, -0.2) is 76.1 Å². The van der Waals surface area contributed by atoms with Crippen molar-refractivity contribution in [1.29, 1.82) is 0 Å². The number of aliphatic hydroxyl groups is 2. The Hall–Kier alpha value is -0.950. The summed E-state index contributed by atoms with van der Waals surface area (Å²) in [5, 5.41) is 20.2. The maximum atomic E-state index is 12.0. The summed E-state index contributed by atoms with van der Waals surface area (Å²) in [7, 11) is -13.2. The predicted octanol–water partition coefficient (Wildman–Crippen LogP) is -2.20. The summed E-state index contributed by atoms with van der Waals surface area (Å²) >= 11 is 0. The fraction of sp³-hybridized carbons (Fsp3) is 0.667. The first-order chi connectivity index (χ1) is 13.5. The van der Waals surface area contributed by atoms with Gasteiger partial charge >= 0.3 is 20.9 Å². The molecule has 172 valence electrons. The van der Waals surface area contributed by atoms with Gasteiger partial charge in [-0.1, -0.05) is 0 Å². The predicted molar refractivity (Wildman–Crippen MR) is 99.3 cm³/mol. The molecule has 2 heterocycles. The molecule has 0 aliphatic carbocycles. The number of hydrogen-bond acceptors (Lipinski definition) is 9. The average Bonchev–Trinajstić information content (AvgIpc) is 2.81. The van der Waals surface area contributed by atoms with Crippen molar-refractivity contribution in [1.82, 2.24) is 9.55 Å². The zero-order valence-electron chi connectivity index (χ0n) is 15.3. The SMILES string of the molecule is Cn1cc(C2OC(COP(=O)(O)CP(=O)(O)CP(=O)(O)O)C(O)C2O)c(=O)[nH]c1=O. The number of aromatic amines is 1. The molecule has 15 nitrogen and oxygen atoms in total. The normalized spacial score (nSPS) is 28.8. The van der Waals surface area contributed by atoms with E-state index in [1.165, 1.54) is 7.05 Å². The molecule has 0 amide bonds. The molecule has 1 aromatic rings. The minimum Gasteiger partial charge on any atom is -0.387 e. The highest BCUT2D eigenvalue weighted by molar-refractivity contribution is 7.79. The van der Waals surface area contributed by atoms with Crippen molar-refractivity contribution in [2.45, 2.75) is 24.4 Å². The molecule has 0 spiro atoms. The van der Waals surface area contributed by atoms with E-state index in [0.29, 0.717) is 0 Å². The van der Waals surface area contributed by atoms with Gasteiger partial charge in [-0.05, 0) is 0 Å². The highest BCUT2D eigenvalue weighted by atomic mass is 31.3. The average molecular weight is 494 g/mol. The molecule has 30 heavy (non-hydrogen) atoms. The van der Waals surface area contributed by atoms with Crippen molar-refractivity contribution in [2.24, 2.45) is 7.05 Å². The summed E-state index contributed by atoms with van der Waals surface area (Å²) in [5.41, 5.74) is -1.83. The number of aliphatic hydroxyl groups excluding tert-OH is 2. The lowest BCUT2D eigenvalue weighted by Gasteiger charge is -2.20. The second-order valence-electron chi connectivity index (χ2n) is 6.76. The van der Waals surface area contributed by atoms with Gasteiger partial charge in [0.15, 0.2) is 0 Å². The van der Waals surface area contributed by atoms with Crippen molar-refractivity contribution >= 4 is 22.6 Å². The van der Waals surface area contributed by atoms with Gasteiger partial charge in [0.25, 0.3) is 5.56 Å². The number of aryl methyl sites for hydroxylation is 1. The summed E-state index contributed by atoms with van der Waals surface area (Å²) in [5.74, 6) is -2.98. The quantitative estimate of drug-likeness (QED) is 0.190. The van der Waals surface area contributed by atoms with E-state index in [1.807, 2.05) is 4.98 Å². The molecular formula is C12H21N2O13P3. The Kier molecular flexibility index (Phi) is 7.50. The van der Waals surface area contributed by atoms with Crippen LogP contribution in [0.5, 0.6) is 0 Å². The van der Waals surface area contributed by atoms with Gasteiger partial charge in [0, 0.05) is 13.2 Å². The fourth-order valence-electron chi connectivity index (χ4n) is 2.77. The molecule has 1 fully saturated rings. The lowest BCUT2D eigenvalue weighted by atomic mass is 10.0. The summed E-state index contributed by atoms with van der Waals surface area (Å²) in [6, 6.07) is 0. The number of rotatable bonds is 8. The fourth-order valence-corrected chi connectivity index (χ4v) is 9.18. The summed E-state index contributed by atoms with van der Waals surface area (Å²) in [6.45, 7) is -0.859. The van der Waals surface area contributed by atoms with E-state index >= 15 is 0 Å². The number of H-pyrrole nitrogens is 1. The van der Waals surface area contributed by atoms with Crippen molar-refractivity contribution in [3.63, 3.8) is 0 Å². The van der Waals surface area contributed by atoms with E-state index in [-0.39, 0.29) is 5.56 Å². The van der Waals surface area contributed by atoms with Gasteiger partial charge < -0.3 is 43.6 Å². The molecular weight excluding hydrogens is 473 g/mol. The first kappa shape index (κ1) is 25.3. The Morgan fingerprint density at radius 1 is 1.10 bits per heavy atom. The van der Waals surface area contributed by atoms with Crippen LogP contribution in [0, 0.1) is 0 Å². The number of ether oxygens (including phenoxy) is 1. The third-order valence-electron chi connectivity index (χ3n) is 4.05. The van der Waals surface area contributed by atoms with Crippen molar-refractivity contribution < 1.29 is 52.7 Å². The third kappa shape index (κ3) is 6.52. The number of nitrogens with one attached hydrogen (secondary N) is 1. The molecule has 1 aliphatic rings. The van der Waals surface area contributed by atoms with Crippen molar-refractivity contribution in [3.05, 3.63) is 32.6 Å². The Morgan fingerprint density at radius 3 is 2.27 bits per heavy atom. The molecule has 0 radical (unpaired) electrons. The molecule has 7 N–H and O–H groups in total. The van der Waals surface area contributed by atoms with Crippen molar-refractivity contribution in [3.8, 4) is 0 Å². The van der Waals surface area contributed by atoms with E-state index in [9.17, 15) is 43.3 Å². The third-order valence-corrected chi connectivity index (χ3v) is 11.0. The van der Waals surface area contributed by atoms with E-state index in [0.717, 1.165) is 10.8 Å².